The Labute approximate surface area is 137 Å². The van der Waals surface area contributed by atoms with E-state index >= 15 is 0 Å². The predicted octanol–water partition coefficient (Wildman–Crippen LogP) is 2.67. The average Bonchev–Trinajstić information content (AvgIpc) is 2.59. The molecule has 4 heteroatoms. The van der Waals surface area contributed by atoms with Crippen LogP contribution < -0.4 is 10.6 Å². The Balaban J connectivity index is 2.05. The van der Waals surface area contributed by atoms with Crippen molar-refractivity contribution in [2.24, 2.45) is 0 Å². The van der Waals surface area contributed by atoms with Crippen molar-refractivity contribution in [2.45, 2.75) is 37.4 Å². The van der Waals surface area contributed by atoms with Gasteiger partial charge in [-0.05, 0) is 12.8 Å². The first-order valence-electron chi connectivity index (χ1n) is 8.15. The predicted molar refractivity (Wildman–Crippen MR) is 94.1 cm³/mol. The molecule has 0 radical (unpaired) electrons. The molecule has 2 aromatic rings. The molecule has 1 aliphatic rings. The van der Waals surface area contributed by atoms with Gasteiger partial charge in [0, 0.05) is 16.8 Å². The average molecular weight is 330 g/mol. The lowest BCUT2D eigenvalue weighted by atomic mass is 9.84. The second kappa shape index (κ2) is 6.60. The Hall–Kier alpha value is -1.41. The molecule has 1 aliphatic carbocycles. The van der Waals surface area contributed by atoms with Crippen LogP contribution >= 0.6 is 7.14 Å². The van der Waals surface area contributed by atoms with Crippen molar-refractivity contribution in [2.75, 3.05) is 6.16 Å². The zero-order valence-electron chi connectivity index (χ0n) is 13.1. The number of hydrogen-bond donors (Lipinski definition) is 2. The minimum atomic E-state index is -3.01. The van der Waals surface area contributed by atoms with Crippen LogP contribution in [0.1, 0.15) is 25.7 Å². The van der Waals surface area contributed by atoms with Crippen LogP contribution in [-0.2, 0) is 4.57 Å². The normalized spacial score (nSPS) is 25.2. The molecule has 2 atom stereocenters. The molecule has 0 aromatic heterocycles. The summed E-state index contributed by atoms with van der Waals surface area (Å²) in [6.07, 6.45) is 2.12. The molecule has 0 aliphatic heterocycles. The van der Waals surface area contributed by atoms with Crippen LogP contribution in [0.5, 0.6) is 0 Å². The Morgan fingerprint density at radius 3 is 1.96 bits per heavy atom. The number of hydrogen-bond acceptors (Lipinski definition) is 3. The fourth-order valence-electron chi connectivity index (χ4n) is 3.44. The third-order valence-electron chi connectivity index (χ3n) is 4.80. The zero-order valence-corrected chi connectivity index (χ0v) is 14.0. The molecule has 122 valence electrons. The van der Waals surface area contributed by atoms with Crippen LogP contribution in [0.2, 0.25) is 0 Å². The van der Waals surface area contributed by atoms with Crippen molar-refractivity contribution < 1.29 is 14.8 Å². The highest BCUT2D eigenvalue weighted by Gasteiger charge is 2.44. The van der Waals surface area contributed by atoms with Gasteiger partial charge in [-0.1, -0.05) is 73.5 Å². The smallest absolute Gasteiger partial charge is 0.146 e. The standard InChI is InChI=1S/C19H23O3P/c20-18-13-7-8-14-19(18,21)15-23(22,16-9-3-1-4-10-16)17-11-5-2-6-12-17/h1-6,9-12,18,20-21H,7-8,13-15H2. The topological polar surface area (TPSA) is 57.5 Å². The highest BCUT2D eigenvalue weighted by Crippen LogP contribution is 2.49. The molecule has 1 fully saturated rings. The molecule has 0 saturated heterocycles. The summed E-state index contributed by atoms with van der Waals surface area (Å²) in [5, 5.41) is 22.8. The summed E-state index contributed by atoms with van der Waals surface area (Å²) >= 11 is 0. The third-order valence-corrected chi connectivity index (χ3v) is 8.06. The van der Waals surface area contributed by atoms with Gasteiger partial charge >= 0.3 is 0 Å². The van der Waals surface area contributed by atoms with Crippen LogP contribution in [0.4, 0.5) is 0 Å². The molecule has 2 unspecified atom stereocenters. The number of aliphatic hydroxyl groups excluding tert-OH is 1. The molecule has 0 spiro atoms. The molecule has 3 rings (SSSR count). The van der Waals surface area contributed by atoms with E-state index in [1.165, 1.54) is 0 Å². The maximum Gasteiger partial charge on any atom is 0.146 e. The van der Waals surface area contributed by atoms with Crippen LogP contribution in [0.3, 0.4) is 0 Å². The van der Waals surface area contributed by atoms with E-state index in [0.717, 1.165) is 23.5 Å². The van der Waals surface area contributed by atoms with Crippen molar-refractivity contribution in [1.29, 1.82) is 0 Å². The van der Waals surface area contributed by atoms with Gasteiger partial charge in [0.2, 0.25) is 0 Å². The van der Waals surface area contributed by atoms with E-state index in [1.54, 1.807) is 0 Å². The summed E-state index contributed by atoms with van der Waals surface area (Å²) in [5.74, 6) is 0. The van der Waals surface area contributed by atoms with E-state index in [4.69, 9.17) is 0 Å². The SMILES string of the molecule is O=P(CC1(O)CCCCC1O)(c1ccccc1)c1ccccc1. The lowest BCUT2D eigenvalue weighted by Gasteiger charge is -2.39. The summed E-state index contributed by atoms with van der Waals surface area (Å²) < 4.78 is 14.0. The van der Waals surface area contributed by atoms with Gasteiger partial charge in [-0.15, -0.1) is 0 Å². The molecule has 2 aromatic carbocycles. The van der Waals surface area contributed by atoms with Gasteiger partial charge in [-0.2, -0.15) is 0 Å². The van der Waals surface area contributed by atoms with E-state index in [9.17, 15) is 14.8 Å². The Kier molecular flexibility index (Phi) is 4.72. The third kappa shape index (κ3) is 3.28. The second-order valence-corrected chi connectivity index (χ2v) is 9.26. The molecule has 0 heterocycles. The first kappa shape index (κ1) is 16.4. The van der Waals surface area contributed by atoms with Crippen molar-refractivity contribution in [1.82, 2.24) is 0 Å². The number of aliphatic hydroxyl groups is 2. The van der Waals surface area contributed by atoms with Crippen molar-refractivity contribution in [3.63, 3.8) is 0 Å². The summed E-state index contributed by atoms with van der Waals surface area (Å²) in [5.41, 5.74) is -1.28. The van der Waals surface area contributed by atoms with Crippen LogP contribution in [0.25, 0.3) is 0 Å². The first-order chi connectivity index (χ1) is 11.0. The van der Waals surface area contributed by atoms with Crippen LogP contribution in [-0.4, -0.2) is 28.1 Å². The van der Waals surface area contributed by atoms with Gasteiger partial charge in [-0.3, -0.25) is 0 Å². The van der Waals surface area contributed by atoms with E-state index < -0.39 is 18.8 Å². The summed E-state index contributed by atoms with van der Waals surface area (Å²) in [7, 11) is -3.01. The molecule has 0 amide bonds. The fourth-order valence-corrected chi connectivity index (χ4v) is 6.55. The Morgan fingerprint density at radius 1 is 0.957 bits per heavy atom. The van der Waals surface area contributed by atoms with Gasteiger partial charge in [-0.25, -0.2) is 0 Å². The van der Waals surface area contributed by atoms with Crippen molar-refractivity contribution >= 4 is 17.8 Å². The maximum absolute atomic E-state index is 14.0. The minimum absolute atomic E-state index is 0.0925. The lowest BCUT2D eigenvalue weighted by Crippen LogP contribution is -2.49. The van der Waals surface area contributed by atoms with Crippen LogP contribution in [0, 0.1) is 0 Å². The van der Waals surface area contributed by atoms with E-state index in [-0.39, 0.29) is 6.16 Å². The summed E-state index contributed by atoms with van der Waals surface area (Å²) in [6.45, 7) is 0. The summed E-state index contributed by atoms with van der Waals surface area (Å²) in [6, 6.07) is 18.7. The molecule has 1 saturated carbocycles. The minimum Gasteiger partial charge on any atom is -0.390 e. The largest absolute Gasteiger partial charge is 0.390 e. The van der Waals surface area contributed by atoms with E-state index in [0.29, 0.717) is 12.8 Å². The van der Waals surface area contributed by atoms with Gasteiger partial charge in [0.15, 0.2) is 0 Å². The molecule has 2 N–H and O–H groups in total. The fraction of sp³-hybridized carbons (Fsp3) is 0.368. The van der Waals surface area contributed by atoms with Crippen LogP contribution in [0.15, 0.2) is 60.7 Å². The highest BCUT2D eigenvalue weighted by molar-refractivity contribution is 7.78. The second-order valence-electron chi connectivity index (χ2n) is 6.43. The maximum atomic E-state index is 14.0. The molecular weight excluding hydrogens is 307 g/mol. The highest BCUT2D eigenvalue weighted by atomic mass is 31.2. The number of rotatable bonds is 4. The lowest BCUT2D eigenvalue weighted by molar-refractivity contribution is -0.0838. The zero-order chi connectivity index (χ0) is 16.3. The van der Waals surface area contributed by atoms with Gasteiger partial charge in [0.25, 0.3) is 0 Å². The molecule has 0 bridgehead atoms. The van der Waals surface area contributed by atoms with Crippen molar-refractivity contribution in [3.05, 3.63) is 60.7 Å². The van der Waals surface area contributed by atoms with E-state index in [2.05, 4.69) is 0 Å². The monoisotopic (exact) mass is 330 g/mol. The number of benzene rings is 2. The van der Waals surface area contributed by atoms with E-state index in [1.807, 2.05) is 60.7 Å². The van der Waals surface area contributed by atoms with Gasteiger partial charge < -0.3 is 14.8 Å². The van der Waals surface area contributed by atoms with Crippen molar-refractivity contribution in [3.8, 4) is 0 Å². The molecule has 23 heavy (non-hydrogen) atoms. The van der Waals surface area contributed by atoms with Gasteiger partial charge in [0.1, 0.15) is 7.14 Å². The van der Waals surface area contributed by atoms with Gasteiger partial charge in [0.05, 0.1) is 11.7 Å². The molecule has 3 nitrogen and oxygen atoms in total. The quantitative estimate of drug-likeness (QED) is 0.848. The Morgan fingerprint density at radius 2 is 1.48 bits per heavy atom. The molecular formula is C19H23O3P. The Bertz CT molecular complexity index is 643. The first-order valence-corrected chi connectivity index (χ1v) is 10.0. The summed E-state index contributed by atoms with van der Waals surface area (Å²) in [4.78, 5) is 0.